The number of Topliss-reactive ketones (excluding diaryl/α,β-unsaturated/α-hetero) is 1. The van der Waals surface area contributed by atoms with Crippen molar-refractivity contribution in [3.05, 3.63) is 29.3 Å². The summed E-state index contributed by atoms with van der Waals surface area (Å²) >= 11 is 6.08. The van der Waals surface area contributed by atoms with E-state index in [0.29, 0.717) is 11.1 Å². The number of rotatable bonds is 5. The van der Waals surface area contributed by atoms with Crippen molar-refractivity contribution in [1.29, 1.82) is 0 Å². The lowest BCUT2D eigenvalue weighted by Gasteiger charge is -2.13. The lowest BCUT2D eigenvalue weighted by molar-refractivity contribution is -0.274. The second-order valence-corrected chi connectivity index (χ2v) is 4.59. The number of carbonyl (C=O) groups is 1. The van der Waals surface area contributed by atoms with Crippen LogP contribution in [0.2, 0.25) is 0 Å². The van der Waals surface area contributed by atoms with Gasteiger partial charge in [0.25, 0.3) is 0 Å². The number of halogens is 5. The fraction of sp³-hybridized carbons (Fsp3) is 0.364. The minimum Gasteiger partial charge on any atom is -0.405 e. The summed E-state index contributed by atoms with van der Waals surface area (Å²) in [6.45, 7) is 0. The highest BCUT2D eigenvalue weighted by molar-refractivity contribution is 9.09. The first kappa shape index (κ1) is 15.5. The number of hydrogen-bond donors (Lipinski definition) is 0. The SMILES string of the molecule is O=C(CBr)Cc1ccc(CBr)c(OC(F)(F)F)c1. The number of hydrogen-bond acceptors (Lipinski definition) is 2. The van der Waals surface area contributed by atoms with E-state index < -0.39 is 6.36 Å². The molecule has 0 spiro atoms. The summed E-state index contributed by atoms with van der Waals surface area (Å²) in [5, 5.41) is 0.410. The Morgan fingerprint density at radius 2 is 1.94 bits per heavy atom. The van der Waals surface area contributed by atoms with Crippen LogP contribution in [0.5, 0.6) is 5.75 Å². The molecule has 100 valence electrons. The van der Waals surface area contributed by atoms with Crippen molar-refractivity contribution in [2.75, 3.05) is 5.33 Å². The normalized spacial score (nSPS) is 11.4. The Hall–Kier alpha value is -0.560. The number of ketones is 1. The van der Waals surface area contributed by atoms with Gasteiger partial charge in [0.1, 0.15) is 11.5 Å². The van der Waals surface area contributed by atoms with E-state index in [1.165, 1.54) is 12.1 Å². The van der Waals surface area contributed by atoms with Gasteiger partial charge in [-0.15, -0.1) is 13.2 Å². The van der Waals surface area contributed by atoms with Crippen LogP contribution in [0, 0.1) is 0 Å². The minimum absolute atomic E-state index is 0.0715. The molecule has 18 heavy (non-hydrogen) atoms. The summed E-state index contributed by atoms with van der Waals surface area (Å²) in [5.74, 6) is -0.390. The van der Waals surface area contributed by atoms with Crippen molar-refractivity contribution in [2.45, 2.75) is 18.1 Å². The van der Waals surface area contributed by atoms with Crippen LogP contribution in [-0.4, -0.2) is 17.5 Å². The molecule has 0 unspecified atom stereocenters. The van der Waals surface area contributed by atoms with Crippen molar-refractivity contribution >= 4 is 37.6 Å². The lowest BCUT2D eigenvalue weighted by atomic mass is 10.1. The van der Waals surface area contributed by atoms with Crippen LogP contribution in [0.15, 0.2) is 18.2 Å². The third-order valence-electron chi connectivity index (χ3n) is 2.05. The average molecular weight is 390 g/mol. The molecule has 0 bridgehead atoms. The topological polar surface area (TPSA) is 26.3 Å². The number of carbonyl (C=O) groups excluding carboxylic acids is 1. The second-order valence-electron chi connectivity index (χ2n) is 3.47. The maximum absolute atomic E-state index is 12.2. The zero-order chi connectivity index (χ0) is 13.8. The Morgan fingerprint density at radius 1 is 1.28 bits per heavy atom. The Labute approximate surface area is 119 Å². The Balaban J connectivity index is 2.98. The molecule has 0 fully saturated rings. The molecule has 0 radical (unpaired) electrons. The van der Waals surface area contributed by atoms with Gasteiger partial charge in [-0.3, -0.25) is 4.79 Å². The molecule has 0 aliphatic heterocycles. The van der Waals surface area contributed by atoms with Crippen molar-refractivity contribution in [1.82, 2.24) is 0 Å². The van der Waals surface area contributed by atoms with E-state index >= 15 is 0 Å². The molecule has 0 aliphatic rings. The summed E-state index contributed by atoms with van der Waals surface area (Å²) in [6.07, 6.45) is -4.67. The van der Waals surface area contributed by atoms with Crippen LogP contribution >= 0.6 is 31.9 Å². The van der Waals surface area contributed by atoms with Gasteiger partial charge in [-0.05, 0) is 11.6 Å². The maximum atomic E-state index is 12.2. The summed E-state index contributed by atoms with van der Waals surface area (Å²) in [7, 11) is 0. The van der Waals surface area contributed by atoms with Gasteiger partial charge in [0.15, 0.2) is 0 Å². The Morgan fingerprint density at radius 3 is 2.44 bits per heavy atom. The highest BCUT2D eigenvalue weighted by Crippen LogP contribution is 2.29. The molecule has 0 amide bonds. The standard InChI is InChI=1S/C11H9Br2F3O2/c12-5-8-2-1-7(3-9(17)6-13)4-10(8)18-11(14,15)16/h1-2,4H,3,5-6H2. The highest BCUT2D eigenvalue weighted by atomic mass is 79.9. The molecule has 7 heteroatoms. The summed E-state index contributed by atoms with van der Waals surface area (Å²) < 4.78 is 40.5. The molecule has 2 nitrogen and oxygen atoms in total. The van der Waals surface area contributed by atoms with Gasteiger partial charge in [0, 0.05) is 17.3 Å². The van der Waals surface area contributed by atoms with Gasteiger partial charge in [-0.2, -0.15) is 0 Å². The van der Waals surface area contributed by atoms with Gasteiger partial charge in [-0.1, -0.05) is 44.0 Å². The number of ether oxygens (including phenoxy) is 1. The predicted octanol–water partition coefficient (Wildman–Crippen LogP) is 3.99. The first-order chi connectivity index (χ1) is 8.35. The average Bonchev–Trinajstić information content (AvgIpc) is 2.27. The molecule has 0 N–H and O–H groups in total. The van der Waals surface area contributed by atoms with Crippen LogP contribution < -0.4 is 4.74 Å². The third kappa shape index (κ3) is 4.97. The zero-order valence-electron chi connectivity index (χ0n) is 9.06. The van der Waals surface area contributed by atoms with Crippen molar-refractivity contribution in [3.63, 3.8) is 0 Å². The molecule has 1 aromatic rings. The van der Waals surface area contributed by atoms with Crippen LogP contribution in [-0.2, 0) is 16.5 Å². The van der Waals surface area contributed by atoms with Gasteiger partial charge < -0.3 is 4.74 Å². The summed E-state index contributed by atoms with van der Waals surface area (Å²) in [5.41, 5.74) is 0.866. The van der Waals surface area contributed by atoms with E-state index in [9.17, 15) is 18.0 Å². The second kappa shape index (κ2) is 6.56. The first-order valence-electron chi connectivity index (χ1n) is 4.87. The quantitative estimate of drug-likeness (QED) is 0.712. The van der Waals surface area contributed by atoms with E-state index in [-0.39, 0.29) is 28.6 Å². The molecule has 0 atom stereocenters. The van der Waals surface area contributed by atoms with Crippen molar-refractivity contribution in [3.8, 4) is 5.75 Å². The molecular weight excluding hydrogens is 381 g/mol. The van der Waals surface area contributed by atoms with Gasteiger partial charge >= 0.3 is 6.36 Å². The van der Waals surface area contributed by atoms with E-state index in [1.54, 1.807) is 6.07 Å². The van der Waals surface area contributed by atoms with E-state index in [4.69, 9.17) is 0 Å². The molecule has 0 saturated carbocycles. The van der Waals surface area contributed by atoms with Crippen LogP contribution in [0.4, 0.5) is 13.2 Å². The van der Waals surface area contributed by atoms with Crippen LogP contribution in [0.1, 0.15) is 11.1 Å². The van der Waals surface area contributed by atoms with Crippen LogP contribution in [0.3, 0.4) is 0 Å². The van der Waals surface area contributed by atoms with E-state index in [0.717, 1.165) is 0 Å². The fourth-order valence-corrected chi connectivity index (χ4v) is 1.98. The van der Waals surface area contributed by atoms with Gasteiger partial charge in [0.05, 0.1) is 5.33 Å². The smallest absolute Gasteiger partial charge is 0.405 e. The fourth-order valence-electron chi connectivity index (χ4n) is 1.31. The predicted molar refractivity (Wildman–Crippen MR) is 68.3 cm³/mol. The summed E-state index contributed by atoms with van der Waals surface area (Å²) in [6, 6.07) is 4.36. The molecular formula is C11H9Br2F3O2. The molecule has 1 rings (SSSR count). The molecule has 0 saturated heterocycles. The molecule has 0 aliphatic carbocycles. The third-order valence-corrected chi connectivity index (χ3v) is 3.28. The van der Waals surface area contributed by atoms with Crippen molar-refractivity contribution in [2.24, 2.45) is 0 Å². The molecule has 1 aromatic carbocycles. The lowest BCUT2D eigenvalue weighted by Crippen LogP contribution is -2.18. The zero-order valence-corrected chi connectivity index (χ0v) is 12.2. The Bertz CT molecular complexity index is 433. The van der Waals surface area contributed by atoms with Gasteiger partial charge in [-0.25, -0.2) is 0 Å². The Kier molecular flexibility index (Phi) is 5.65. The summed E-state index contributed by atoms with van der Waals surface area (Å²) in [4.78, 5) is 11.2. The largest absolute Gasteiger partial charge is 0.573 e. The van der Waals surface area contributed by atoms with Crippen LogP contribution in [0.25, 0.3) is 0 Å². The monoisotopic (exact) mass is 388 g/mol. The number of alkyl halides is 5. The minimum atomic E-state index is -4.74. The van der Waals surface area contributed by atoms with E-state index in [1.807, 2.05) is 0 Å². The first-order valence-corrected chi connectivity index (χ1v) is 7.11. The van der Waals surface area contributed by atoms with Gasteiger partial charge in [0.2, 0.25) is 0 Å². The van der Waals surface area contributed by atoms with Crippen molar-refractivity contribution < 1.29 is 22.7 Å². The maximum Gasteiger partial charge on any atom is 0.573 e. The molecule has 0 aromatic heterocycles. The number of benzene rings is 1. The highest BCUT2D eigenvalue weighted by Gasteiger charge is 2.32. The molecule has 0 heterocycles. The van der Waals surface area contributed by atoms with E-state index in [2.05, 4.69) is 36.6 Å².